The molecular weight excluding hydrogens is 240 g/mol. The first-order valence-corrected chi connectivity index (χ1v) is 7.26. The lowest BCUT2D eigenvalue weighted by molar-refractivity contribution is -0.118. The van der Waals surface area contributed by atoms with Crippen LogP contribution in [-0.4, -0.2) is 30.0 Å². The third-order valence-corrected chi connectivity index (χ3v) is 4.23. The van der Waals surface area contributed by atoms with Gasteiger partial charge in [0.2, 0.25) is 5.91 Å². The van der Waals surface area contributed by atoms with Crippen molar-refractivity contribution in [3.05, 3.63) is 22.4 Å². The van der Waals surface area contributed by atoms with E-state index in [-0.39, 0.29) is 5.91 Å². The summed E-state index contributed by atoms with van der Waals surface area (Å²) in [4.78, 5) is 12.7. The molecule has 1 aromatic rings. The third-order valence-electron chi connectivity index (χ3n) is 2.10. The number of nitrogens with two attached hydrogens (primary N) is 1. The normalized spacial score (nSPS) is 12.4. The van der Waals surface area contributed by atoms with Crippen molar-refractivity contribution < 1.29 is 4.79 Å². The SMILES string of the molecule is CC(CN)SCC(=O)NCCc1cccs1. The predicted octanol–water partition coefficient (Wildman–Crippen LogP) is 1.49. The number of rotatable bonds is 7. The second-order valence-corrected chi connectivity index (χ2v) is 6.00. The molecule has 1 amide bonds. The highest BCUT2D eigenvalue weighted by Crippen LogP contribution is 2.09. The Morgan fingerprint density at radius 2 is 2.50 bits per heavy atom. The number of carbonyl (C=O) groups excluding carboxylic acids is 1. The highest BCUT2D eigenvalue weighted by Gasteiger charge is 2.05. The summed E-state index contributed by atoms with van der Waals surface area (Å²) in [5.74, 6) is 0.602. The van der Waals surface area contributed by atoms with Crippen LogP contribution in [0.3, 0.4) is 0 Å². The average molecular weight is 258 g/mol. The van der Waals surface area contributed by atoms with Gasteiger partial charge in [-0.2, -0.15) is 0 Å². The molecule has 0 saturated carbocycles. The van der Waals surface area contributed by atoms with Gasteiger partial charge in [-0.05, 0) is 17.9 Å². The fourth-order valence-electron chi connectivity index (χ4n) is 1.12. The first-order valence-electron chi connectivity index (χ1n) is 5.33. The Kier molecular flexibility index (Phi) is 6.52. The van der Waals surface area contributed by atoms with Gasteiger partial charge >= 0.3 is 0 Å². The van der Waals surface area contributed by atoms with E-state index in [1.54, 1.807) is 23.1 Å². The minimum atomic E-state index is 0.0989. The fourth-order valence-corrected chi connectivity index (χ4v) is 2.50. The van der Waals surface area contributed by atoms with Crippen LogP contribution >= 0.6 is 23.1 Å². The molecule has 0 saturated heterocycles. The number of carbonyl (C=O) groups is 1. The average Bonchev–Trinajstić information content (AvgIpc) is 2.79. The molecule has 1 aromatic heterocycles. The molecule has 0 aliphatic heterocycles. The zero-order valence-corrected chi connectivity index (χ0v) is 11.1. The fraction of sp³-hybridized carbons (Fsp3) is 0.545. The van der Waals surface area contributed by atoms with E-state index in [0.717, 1.165) is 13.0 Å². The molecule has 0 radical (unpaired) electrons. The van der Waals surface area contributed by atoms with Crippen LogP contribution in [0.25, 0.3) is 0 Å². The molecular formula is C11H18N2OS2. The summed E-state index contributed by atoms with van der Waals surface area (Å²) in [5.41, 5.74) is 5.47. The van der Waals surface area contributed by atoms with Gasteiger partial charge in [-0.15, -0.1) is 23.1 Å². The Morgan fingerprint density at radius 1 is 1.69 bits per heavy atom. The number of thiophene rings is 1. The molecule has 3 nitrogen and oxygen atoms in total. The topological polar surface area (TPSA) is 55.1 Å². The van der Waals surface area contributed by atoms with E-state index in [9.17, 15) is 4.79 Å². The minimum Gasteiger partial charge on any atom is -0.355 e. The van der Waals surface area contributed by atoms with Crippen molar-refractivity contribution in [2.24, 2.45) is 5.73 Å². The summed E-state index contributed by atoms with van der Waals surface area (Å²) in [7, 11) is 0. The van der Waals surface area contributed by atoms with Crippen molar-refractivity contribution in [2.45, 2.75) is 18.6 Å². The summed E-state index contributed by atoms with van der Waals surface area (Å²) >= 11 is 3.32. The molecule has 0 fully saturated rings. The maximum absolute atomic E-state index is 11.4. The molecule has 3 N–H and O–H groups in total. The first kappa shape index (κ1) is 13.5. The van der Waals surface area contributed by atoms with E-state index >= 15 is 0 Å². The van der Waals surface area contributed by atoms with E-state index in [4.69, 9.17) is 5.73 Å². The van der Waals surface area contributed by atoms with Gasteiger partial charge in [0, 0.05) is 23.2 Å². The van der Waals surface area contributed by atoms with Crippen LogP contribution in [0.1, 0.15) is 11.8 Å². The van der Waals surface area contributed by atoms with Crippen LogP contribution in [0.2, 0.25) is 0 Å². The van der Waals surface area contributed by atoms with Crippen molar-refractivity contribution in [2.75, 3.05) is 18.8 Å². The maximum atomic E-state index is 11.4. The molecule has 1 heterocycles. The highest BCUT2D eigenvalue weighted by molar-refractivity contribution is 8.00. The monoisotopic (exact) mass is 258 g/mol. The third kappa shape index (κ3) is 5.53. The van der Waals surface area contributed by atoms with Crippen LogP contribution in [0.4, 0.5) is 0 Å². The molecule has 90 valence electrons. The molecule has 1 unspecified atom stereocenters. The standard InChI is InChI=1S/C11H18N2OS2/c1-9(7-12)16-8-11(14)13-5-4-10-3-2-6-15-10/h2-3,6,9H,4-5,7-8,12H2,1H3,(H,13,14). The van der Waals surface area contributed by atoms with Gasteiger partial charge in [-0.25, -0.2) is 0 Å². The van der Waals surface area contributed by atoms with E-state index in [1.165, 1.54) is 4.88 Å². The lowest BCUT2D eigenvalue weighted by Gasteiger charge is -2.08. The molecule has 0 aliphatic carbocycles. The molecule has 5 heteroatoms. The van der Waals surface area contributed by atoms with E-state index in [2.05, 4.69) is 16.8 Å². The van der Waals surface area contributed by atoms with Crippen LogP contribution in [-0.2, 0) is 11.2 Å². The molecule has 1 atom stereocenters. The lowest BCUT2D eigenvalue weighted by atomic mass is 10.3. The summed E-state index contributed by atoms with van der Waals surface area (Å²) < 4.78 is 0. The Bertz CT molecular complexity index is 301. The molecule has 16 heavy (non-hydrogen) atoms. The number of nitrogens with one attached hydrogen (secondary N) is 1. The largest absolute Gasteiger partial charge is 0.355 e. The summed E-state index contributed by atoms with van der Waals surface area (Å²) in [6, 6.07) is 4.11. The van der Waals surface area contributed by atoms with Gasteiger partial charge < -0.3 is 11.1 Å². The van der Waals surface area contributed by atoms with Crippen molar-refractivity contribution in [1.82, 2.24) is 5.32 Å². The maximum Gasteiger partial charge on any atom is 0.230 e. The minimum absolute atomic E-state index is 0.0989. The van der Waals surface area contributed by atoms with E-state index < -0.39 is 0 Å². The summed E-state index contributed by atoms with van der Waals surface area (Å²) in [6.07, 6.45) is 0.917. The van der Waals surface area contributed by atoms with E-state index in [1.807, 2.05) is 13.0 Å². The first-order chi connectivity index (χ1) is 7.72. The molecule has 0 bridgehead atoms. The number of thioether (sulfide) groups is 1. The second kappa shape index (κ2) is 7.70. The zero-order chi connectivity index (χ0) is 11.8. The number of amides is 1. The molecule has 1 rings (SSSR count). The number of hydrogen-bond donors (Lipinski definition) is 2. The van der Waals surface area contributed by atoms with Gasteiger partial charge in [0.25, 0.3) is 0 Å². The van der Waals surface area contributed by atoms with E-state index in [0.29, 0.717) is 17.5 Å². The predicted molar refractivity (Wildman–Crippen MR) is 72.0 cm³/mol. The molecule has 0 aromatic carbocycles. The number of hydrogen-bond acceptors (Lipinski definition) is 4. The Balaban J connectivity index is 2.06. The van der Waals surface area contributed by atoms with Crippen LogP contribution in [0.5, 0.6) is 0 Å². The lowest BCUT2D eigenvalue weighted by Crippen LogP contribution is -2.28. The quantitative estimate of drug-likeness (QED) is 0.779. The van der Waals surface area contributed by atoms with Gasteiger partial charge in [-0.1, -0.05) is 13.0 Å². The van der Waals surface area contributed by atoms with Crippen molar-refractivity contribution in [3.8, 4) is 0 Å². The Labute approximate surface area is 105 Å². The zero-order valence-electron chi connectivity index (χ0n) is 9.44. The van der Waals surface area contributed by atoms with Crippen molar-refractivity contribution in [1.29, 1.82) is 0 Å². The van der Waals surface area contributed by atoms with Crippen LogP contribution in [0, 0.1) is 0 Å². The van der Waals surface area contributed by atoms with Crippen LogP contribution < -0.4 is 11.1 Å². The second-order valence-electron chi connectivity index (χ2n) is 3.54. The van der Waals surface area contributed by atoms with Gasteiger partial charge in [0.05, 0.1) is 5.75 Å². The molecule has 0 aliphatic rings. The highest BCUT2D eigenvalue weighted by atomic mass is 32.2. The Morgan fingerprint density at radius 3 is 3.12 bits per heavy atom. The molecule has 0 spiro atoms. The van der Waals surface area contributed by atoms with Gasteiger partial charge in [0.1, 0.15) is 0 Å². The Hall–Kier alpha value is -0.520. The summed E-state index contributed by atoms with van der Waals surface area (Å²) in [6.45, 7) is 3.37. The smallest absolute Gasteiger partial charge is 0.230 e. The van der Waals surface area contributed by atoms with Gasteiger partial charge in [0.15, 0.2) is 0 Å². The van der Waals surface area contributed by atoms with Crippen molar-refractivity contribution in [3.63, 3.8) is 0 Å². The van der Waals surface area contributed by atoms with Crippen LogP contribution in [0.15, 0.2) is 17.5 Å². The summed E-state index contributed by atoms with van der Waals surface area (Å²) in [5, 5.41) is 5.31. The van der Waals surface area contributed by atoms with Crippen molar-refractivity contribution >= 4 is 29.0 Å². The van der Waals surface area contributed by atoms with Gasteiger partial charge in [-0.3, -0.25) is 4.79 Å².